The van der Waals surface area contributed by atoms with Gasteiger partial charge in [-0.1, -0.05) is 25.6 Å². The van der Waals surface area contributed by atoms with Crippen LogP contribution in [0, 0.1) is 0 Å². The maximum atomic E-state index is 11.2. The van der Waals surface area contributed by atoms with E-state index in [2.05, 4.69) is 43.7 Å². The fraction of sp³-hybridized carbons (Fsp3) is 0.455. The number of hydrogen-bond donors (Lipinski definition) is 1. The second kappa shape index (κ2) is 6.73. The molecule has 0 bridgehead atoms. The molecule has 5 heteroatoms. The summed E-state index contributed by atoms with van der Waals surface area (Å²) in [7, 11) is 0. The first-order chi connectivity index (χ1) is 12.6. The third-order valence-electron chi connectivity index (χ3n) is 6.04. The summed E-state index contributed by atoms with van der Waals surface area (Å²) in [6.45, 7) is 4.65. The van der Waals surface area contributed by atoms with Gasteiger partial charge in [-0.25, -0.2) is 0 Å². The normalized spacial score (nSPS) is 21.3. The van der Waals surface area contributed by atoms with Crippen molar-refractivity contribution in [1.82, 2.24) is 19.4 Å². The molecule has 4 heterocycles. The molecule has 0 spiro atoms. The van der Waals surface area contributed by atoms with Gasteiger partial charge < -0.3 is 9.67 Å². The van der Waals surface area contributed by atoms with Crippen LogP contribution < -0.4 is 0 Å². The van der Waals surface area contributed by atoms with Crippen LogP contribution >= 0.6 is 0 Å². The Morgan fingerprint density at radius 1 is 1.22 bits per heavy atom. The Morgan fingerprint density at radius 2 is 2.07 bits per heavy atom. The Hall–Kier alpha value is -2.24. The third-order valence-corrected chi connectivity index (χ3v) is 6.04. The second-order valence-electron chi connectivity index (χ2n) is 7.77. The van der Waals surface area contributed by atoms with Gasteiger partial charge >= 0.3 is 0 Å². The maximum Gasteiger partial charge on any atom is 0.123 e. The quantitative estimate of drug-likeness (QED) is 0.770. The van der Waals surface area contributed by atoms with Crippen molar-refractivity contribution in [2.24, 2.45) is 0 Å². The Bertz CT molecular complexity index is 948. The Morgan fingerprint density at radius 3 is 2.89 bits per heavy atom. The first-order valence-electron chi connectivity index (χ1n) is 9.48. The summed E-state index contributed by atoms with van der Waals surface area (Å²) in [4.78, 5) is 11.1. The minimum Gasteiger partial charge on any atom is -0.382 e. The van der Waals surface area contributed by atoms with Crippen molar-refractivity contribution in [1.29, 1.82) is 0 Å². The van der Waals surface area contributed by atoms with Crippen LogP contribution in [0.1, 0.15) is 50.2 Å². The van der Waals surface area contributed by atoms with Gasteiger partial charge in [-0.15, -0.1) is 0 Å². The Kier molecular flexibility index (Phi) is 4.52. The van der Waals surface area contributed by atoms with Crippen LogP contribution in [-0.4, -0.2) is 37.6 Å². The standard InChI is InChI=1S/C21H24N4O.CH4/c1-21(26,19-13-22-9-10-23-19)14-25-16-6-3-2-5-15(16)20-17-7-4-11-24(17)12-8-18(20)25;/h2-3,5-6,9-10,13,17,26H,4,7-8,11-12,14H2,1H3;1H4. The molecule has 2 aromatic heterocycles. The fourth-order valence-electron chi connectivity index (χ4n) is 4.84. The smallest absolute Gasteiger partial charge is 0.123 e. The maximum absolute atomic E-state index is 11.2. The topological polar surface area (TPSA) is 54.2 Å². The molecule has 1 saturated heterocycles. The van der Waals surface area contributed by atoms with E-state index < -0.39 is 5.60 Å². The highest BCUT2D eigenvalue weighted by Gasteiger charge is 2.36. The molecule has 2 unspecified atom stereocenters. The molecule has 1 N–H and O–H groups in total. The molecule has 5 rings (SSSR count). The lowest BCUT2D eigenvalue weighted by Gasteiger charge is -2.32. The average Bonchev–Trinajstić information content (AvgIpc) is 3.25. The van der Waals surface area contributed by atoms with Crippen molar-refractivity contribution in [3.05, 3.63) is 59.8 Å². The molecule has 27 heavy (non-hydrogen) atoms. The summed E-state index contributed by atoms with van der Waals surface area (Å²) in [5.74, 6) is 0. The van der Waals surface area contributed by atoms with Crippen LogP contribution in [0.3, 0.4) is 0 Å². The van der Waals surface area contributed by atoms with Crippen molar-refractivity contribution in [2.45, 2.75) is 51.8 Å². The molecular formula is C22H28N4O. The van der Waals surface area contributed by atoms with Crippen LogP contribution in [0.4, 0.5) is 0 Å². The molecule has 5 nitrogen and oxygen atoms in total. The lowest BCUT2D eigenvalue weighted by molar-refractivity contribution is 0.0336. The molecule has 142 valence electrons. The minimum absolute atomic E-state index is 0. The molecule has 3 aromatic rings. The SMILES string of the molecule is C.CC(O)(Cn1c2c(c3ccccc31)C1CCCN1CC2)c1cnccn1. The third kappa shape index (κ3) is 2.86. The molecule has 2 aliphatic heterocycles. The predicted octanol–water partition coefficient (Wildman–Crippen LogP) is 3.67. The van der Waals surface area contributed by atoms with E-state index in [0.29, 0.717) is 18.3 Å². The number of aliphatic hydroxyl groups is 1. The number of fused-ring (bicyclic) bond motifs is 5. The number of nitrogens with zero attached hydrogens (tertiary/aromatic N) is 4. The molecule has 0 amide bonds. The van der Waals surface area contributed by atoms with Crippen molar-refractivity contribution in [3.63, 3.8) is 0 Å². The lowest BCUT2D eigenvalue weighted by Crippen LogP contribution is -2.34. The number of benzene rings is 1. The number of rotatable bonds is 3. The van der Waals surface area contributed by atoms with Gasteiger partial charge in [0.15, 0.2) is 0 Å². The molecule has 0 radical (unpaired) electrons. The van der Waals surface area contributed by atoms with Crippen molar-refractivity contribution in [3.8, 4) is 0 Å². The predicted molar refractivity (Wildman–Crippen MR) is 108 cm³/mol. The molecule has 2 aliphatic rings. The minimum atomic E-state index is -1.06. The molecule has 2 atom stereocenters. The van der Waals surface area contributed by atoms with E-state index in [-0.39, 0.29) is 7.43 Å². The van der Waals surface area contributed by atoms with Crippen molar-refractivity contribution in [2.75, 3.05) is 13.1 Å². The largest absolute Gasteiger partial charge is 0.382 e. The van der Waals surface area contributed by atoms with E-state index in [0.717, 1.165) is 13.0 Å². The van der Waals surface area contributed by atoms with Gasteiger partial charge in [0, 0.05) is 48.0 Å². The summed E-state index contributed by atoms with van der Waals surface area (Å²) in [6.07, 6.45) is 8.50. The first kappa shape index (κ1) is 18.1. The zero-order valence-corrected chi connectivity index (χ0v) is 15.1. The summed E-state index contributed by atoms with van der Waals surface area (Å²) in [5.41, 5.74) is 3.65. The number of hydrogen-bond acceptors (Lipinski definition) is 4. The van der Waals surface area contributed by atoms with Gasteiger partial charge in [-0.2, -0.15) is 0 Å². The van der Waals surface area contributed by atoms with Crippen LogP contribution in [0.25, 0.3) is 10.9 Å². The molecular weight excluding hydrogens is 336 g/mol. The summed E-state index contributed by atoms with van der Waals surface area (Å²) in [6, 6.07) is 9.17. The van der Waals surface area contributed by atoms with Gasteiger partial charge in [0.2, 0.25) is 0 Å². The lowest BCUT2D eigenvalue weighted by atomic mass is 9.96. The highest BCUT2D eigenvalue weighted by atomic mass is 16.3. The molecule has 0 aliphatic carbocycles. The van der Waals surface area contributed by atoms with Crippen LogP contribution in [0.2, 0.25) is 0 Å². The zero-order valence-electron chi connectivity index (χ0n) is 15.1. The van der Waals surface area contributed by atoms with E-state index >= 15 is 0 Å². The Balaban J connectivity index is 0.00000180. The van der Waals surface area contributed by atoms with Crippen LogP contribution in [0.15, 0.2) is 42.9 Å². The number of aromatic nitrogens is 3. The second-order valence-corrected chi connectivity index (χ2v) is 7.77. The summed E-state index contributed by atoms with van der Waals surface area (Å²) < 4.78 is 2.33. The van der Waals surface area contributed by atoms with E-state index in [1.807, 2.05) is 6.92 Å². The van der Waals surface area contributed by atoms with E-state index in [1.54, 1.807) is 18.6 Å². The molecule has 1 aromatic carbocycles. The van der Waals surface area contributed by atoms with Crippen LogP contribution in [0.5, 0.6) is 0 Å². The van der Waals surface area contributed by atoms with Crippen LogP contribution in [-0.2, 0) is 18.6 Å². The van der Waals surface area contributed by atoms with Crippen molar-refractivity contribution < 1.29 is 5.11 Å². The van der Waals surface area contributed by atoms with Gasteiger partial charge in [-0.05, 0) is 37.9 Å². The van der Waals surface area contributed by atoms with Gasteiger partial charge in [0.05, 0.1) is 18.4 Å². The zero-order chi connectivity index (χ0) is 17.7. The summed E-state index contributed by atoms with van der Waals surface area (Å²) >= 11 is 0. The van der Waals surface area contributed by atoms with Gasteiger partial charge in [-0.3, -0.25) is 14.9 Å². The molecule has 1 fully saturated rings. The van der Waals surface area contributed by atoms with E-state index in [9.17, 15) is 5.11 Å². The highest BCUT2D eigenvalue weighted by molar-refractivity contribution is 5.86. The fourth-order valence-corrected chi connectivity index (χ4v) is 4.84. The van der Waals surface area contributed by atoms with E-state index in [1.165, 1.54) is 41.5 Å². The molecule has 0 saturated carbocycles. The Labute approximate surface area is 160 Å². The monoisotopic (exact) mass is 364 g/mol. The van der Waals surface area contributed by atoms with Crippen molar-refractivity contribution >= 4 is 10.9 Å². The summed E-state index contributed by atoms with van der Waals surface area (Å²) in [5, 5.41) is 12.5. The van der Waals surface area contributed by atoms with E-state index in [4.69, 9.17) is 0 Å². The average molecular weight is 364 g/mol. The number of para-hydroxylation sites is 1. The van der Waals surface area contributed by atoms with Gasteiger partial charge in [0.1, 0.15) is 5.60 Å². The first-order valence-corrected chi connectivity index (χ1v) is 9.48. The highest BCUT2D eigenvalue weighted by Crippen LogP contribution is 2.43. The van der Waals surface area contributed by atoms with Gasteiger partial charge in [0.25, 0.3) is 0 Å².